The zero-order chi connectivity index (χ0) is 12.0. The zero-order valence-electron chi connectivity index (χ0n) is 8.06. The number of alkyl halides is 4. The van der Waals surface area contributed by atoms with Crippen LogP contribution in [-0.4, -0.2) is 19.3 Å². The van der Waals surface area contributed by atoms with Gasteiger partial charge in [0.15, 0.2) is 11.5 Å². The molecule has 0 spiro atoms. The minimum absolute atomic E-state index is 0.421. The van der Waals surface area contributed by atoms with Gasteiger partial charge in [-0.15, -0.1) is 0 Å². The van der Waals surface area contributed by atoms with Gasteiger partial charge in [0.25, 0.3) is 0 Å². The molecule has 0 saturated carbocycles. The largest absolute Gasteiger partial charge is 0.507 e. The van der Waals surface area contributed by atoms with E-state index >= 15 is 0 Å². The lowest BCUT2D eigenvalue weighted by Gasteiger charge is -2.31. The predicted octanol–water partition coefficient (Wildman–Crippen LogP) is 2.69. The molecule has 3 nitrogen and oxygen atoms in total. The van der Waals surface area contributed by atoms with Crippen LogP contribution in [0.1, 0.15) is 0 Å². The Kier molecular flexibility index (Phi) is 2.14. The molecule has 1 aromatic carbocycles. The van der Waals surface area contributed by atoms with Crippen molar-refractivity contribution in [3.8, 4) is 11.5 Å². The number of benzene rings is 1. The highest BCUT2D eigenvalue weighted by atomic mass is 19.3. The van der Waals surface area contributed by atoms with Gasteiger partial charge in [0.05, 0.1) is 0 Å². The number of hydrogen-bond acceptors (Lipinski definition) is 3. The Morgan fingerprint density at radius 3 is 2.12 bits per heavy atom. The number of rotatable bonds is 1. The summed E-state index contributed by atoms with van der Waals surface area (Å²) < 4.78 is 58.8. The lowest BCUT2D eigenvalue weighted by atomic mass is 10.2. The fourth-order valence-electron chi connectivity index (χ4n) is 1.22. The molecule has 1 N–H and O–H groups in total. The average Bonchev–Trinajstić information content (AvgIpc) is 2.18. The fourth-order valence-corrected chi connectivity index (χ4v) is 1.22. The molecule has 0 atom stereocenters. The zero-order valence-corrected chi connectivity index (χ0v) is 8.06. The molecule has 16 heavy (non-hydrogen) atoms. The van der Waals surface area contributed by atoms with Crippen molar-refractivity contribution in [3.63, 3.8) is 0 Å². The summed E-state index contributed by atoms with van der Waals surface area (Å²) in [5.74, 6) is -0.849. The Balaban J connectivity index is 2.43. The Morgan fingerprint density at radius 2 is 1.56 bits per heavy atom. The highest BCUT2D eigenvalue weighted by Gasteiger charge is 2.65. The van der Waals surface area contributed by atoms with Crippen LogP contribution in [0.3, 0.4) is 0 Å². The average molecular weight is 237 g/mol. The van der Waals surface area contributed by atoms with Gasteiger partial charge >= 0.3 is 12.2 Å². The van der Waals surface area contributed by atoms with Crippen LogP contribution in [0, 0.1) is 0 Å². The third-order valence-corrected chi connectivity index (χ3v) is 2.05. The van der Waals surface area contributed by atoms with E-state index in [0.29, 0.717) is 5.69 Å². The van der Waals surface area contributed by atoms with Crippen LogP contribution >= 0.6 is 0 Å². The van der Waals surface area contributed by atoms with Crippen molar-refractivity contribution in [2.24, 2.45) is 0 Å². The molecule has 0 bridgehead atoms. The Morgan fingerprint density at radius 1 is 1.00 bits per heavy atom. The van der Waals surface area contributed by atoms with Crippen molar-refractivity contribution < 1.29 is 27.0 Å². The van der Waals surface area contributed by atoms with Crippen molar-refractivity contribution in [1.29, 1.82) is 0 Å². The van der Waals surface area contributed by atoms with Crippen molar-refractivity contribution in [2.45, 2.75) is 12.2 Å². The summed E-state index contributed by atoms with van der Waals surface area (Å²) in [7, 11) is 1.55. The van der Waals surface area contributed by atoms with E-state index in [9.17, 15) is 17.6 Å². The van der Waals surface area contributed by atoms with E-state index in [2.05, 4.69) is 14.8 Å². The molecule has 1 aromatic rings. The molecule has 7 heteroatoms. The van der Waals surface area contributed by atoms with Gasteiger partial charge in [-0.1, -0.05) is 0 Å². The molecule has 0 aromatic heterocycles. The first kappa shape index (κ1) is 10.8. The fraction of sp³-hybridized carbons (Fsp3) is 0.333. The summed E-state index contributed by atoms with van der Waals surface area (Å²) in [4.78, 5) is 0. The molecular weight excluding hydrogens is 230 g/mol. The van der Waals surface area contributed by atoms with E-state index < -0.39 is 23.7 Å². The first-order valence-corrected chi connectivity index (χ1v) is 4.31. The molecule has 2 rings (SSSR count). The standard InChI is InChI=1S/C9H7F4NO2/c1-14-5-2-3-6-7(4-5)16-9(12,13)8(10,11)15-6/h2-4,14H,1H3. The van der Waals surface area contributed by atoms with Crippen molar-refractivity contribution >= 4 is 5.69 Å². The second-order valence-corrected chi connectivity index (χ2v) is 3.15. The molecule has 1 aliphatic rings. The summed E-state index contributed by atoms with van der Waals surface area (Å²) in [6, 6.07) is 3.69. The van der Waals surface area contributed by atoms with E-state index in [1.165, 1.54) is 6.07 Å². The van der Waals surface area contributed by atoms with Crippen LogP contribution in [0.25, 0.3) is 0 Å². The Hall–Kier alpha value is -1.66. The summed E-state index contributed by atoms with van der Waals surface area (Å²) in [6.45, 7) is 0. The summed E-state index contributed by atoms with van der Waals surface area (Å²) >= 11 is 0. The van der Waals surface area contributed by atoms with Crippen molar-refractivity contribution in [1.82, 2.24) is 0 Å². The lowest BCUT2D eigenvalue weighted by molar-refractivity contribution is -0.391. The first-order chi connectivity index (χ1) is 7.36. The molecule has 0 radical (unpaired) electrons. The smallest absolute Gasteiger partial charge is 0.421 e. The molecule has 88 valence electrons. The quantitative estimate of drug-likeness (QED) is 0.762. The van der Waals surface area contributed by atoms with E-state index in [1.54, 1.807) is 7.05 Å². The summed E-state index contributed by atoms with van der Waals surface area (Å²) in [6.07, 6.45) is -9.34. The molecule has 0 saturated heterocycles. The van der Waals surface area contributed by atoms with E-state index in [-0.39, 0.29) is 0 Å². The topological polar surface area (TPSA) is 30.5 Å². The van der Waals surface area contributed by atoms with Crippen LogP contribution in [0.4, 0.5) is 23.2 Å². The van der Waals surface area contributed by atoms with Crippen LogP contribution in [0.5, 0.6) is 11.5 Å². The molecule has 1 heterocycles. The van der Waals surface area contributed by atoms with Gasteiger partial charge in [-0.25, -0.2) is 0 Å². The minimum Gasteiger partial charge on any atom is -0.421 e. The van der Waals surface area contributed by atoms with Crippen LogP contribution in [0.2, 0.25) is 0 Å². The third-order valence-electron chi connectivity index (χ3n) is 2.05. The third kappa shape index (κ3) is 1.52. The van der Waals surface area contributed by atoms with Gasteiger partial charge in [-0.2, -0.15) is 17.6 Å². The second kappa shape index (κ2) is 3.16. The second-order valence-electron chi connectivity index (χ2n) is 3.15. The van der Waals surface area contributed by atoms with Gasteiger partial charge in [-0.3, -0.25) is 0 Å². The number of hydrogen-bond donors (Lipinski definition) is 1. The maximum atomic E-state index is 12.8. The van der Waals surface area contributed by atoms with Gasteiger partial charge in [-0.05, 0) is 12.1 Å². The Labute approximate surface area is 88.0 Å². The first-order valence-electron chi connectivity index (χ1n) is 4.31. The maximum Gasteiger partial charge on any atom is 0.507 e. The van der Waals surface area contributed by atoms with Crippen molar-refractivity contribution in [2.75, 3.05) is 12.4 Å². The van der Waals surface area contributed by atoms with Gasteiger partial charge in [0.2, 0.25) is 0 Å². The molecule has 0 fully saturated rings. The van der Waals surface area contributed by atoms with Gasteiger partial charge < -0.3 is 14.8 Å². The number of anilines is 1. The van der Waals surface area contributed by atoms with E-state index in [0.717, 1.165) is 12.1 Å². The highest BCUT2D eigenvalue weighted by Crippen LogP contribution is 2.47. The van der Waals surface area contributed by atoms with Crippen LogP contribution in [-0.2, 0) is 0 Å². The van der Waals surface area contributed by atoms with Crippen LogP contribution in [0.15, 0.2) is 18.2 Å². The minimum atomic E-state index is -4.67. The van der Waals surface area contributed by atoms with E-state index in [4.69, 9.17) is 0 Å². The maximum absolute atomic E-state index is 12.8. The number of halogens is 4. The number of nitrogens with one attached hydrogen (secondary N) is 1. The molecule has 1 aliphatic heterocycles. The molecule has 0 aliphatic carbocycles. The predicted molar refractivity (Wildman–Crippen MR) is 47.1 cm³/mol. The van der Waals surface area contributed by atoms with Gasteiger partial charge in [0.1, 0.15) is 0 Å². The summed E-state index contributed by atoms with van der Waals surface area (Å²) in [5, 5.41) is 2.66. The molecule has 0 amide bonds. The number of ether oxygens (including phenoxy) is 2. The van der Waals surface area contributed by atoms with Crippen LogP contribution < -0.4 is 14.8 Å². The van der Waals surface area contributed by atoms with Gasteiger partial charge in [0, 0.05) is 18.8 Å². The van der Waals surface area contributed by atoms with E-state index in [1.807, 2.05) is 0 Å². The lowest BCUT2D eigenvalue weighted by Crippen LogP contribution is -2.52. The highest BCUT2D eigenvalue weighted by molar-refractivity contribution is 5.55. The van der Waals surface area contributed by atoms with Crippen molar-refractivity contribution in [3.05, 3.63) is 18.2 Å². The SMILES string of the molecule is CNc1ccc2c(c1)OC(F)(F)C(F)(F)O2. The number of fused-ring (bicyclic) bond motifs is 1. The monoisotopic (exact) mass is 237 g/mol. The Bertz CT molecular complexity index is 422. The molecular formula is C9H7F4NO2. The summed E-state index contributed by atoms with van der Waals surface area (Å²) in [5.41, 5.74) is 0.448. The normalized spacial score (nSPS) is 20.3. The molecule has 0 unspecified atom stereocenters.